The van der Waals surface area contributed by atoms with E-state index in [1.165, 1.54) is 11.3 Å². The third-order valence-electron chi connectivity index (χ3n) is 2.74. The first-order valence-electron chi connectivity index (χ1n) is 5.21. The summed E-state index contributed by atoms with van der Waals surface area (Å²) in [6.07, 6.45) is 5.40. The average Bonchev–Trinajstić information content (AvgIpc) is 2.30. The van der Waals surface area contributed by atoms with Crippen molar-refractivity contribution >= 4 is 5.69 Å². The minimum atomic E-state index is 0.815. The van der Waals surface area contributed by atoms with Crippen LogP contribution in [0.5, 0.6) is 0 Å². The summed E-state index contributed by atoms with van der Waals surface area (Å²) in [5, 5.41) is 0. The zero-order chi connectivity index (χ0) is 10.7. The summed E-state index contributed by atoms with van der Waals surface area (Å²) in [6, 6.07) is 6.26. The highest BCUT2D eigenvalue weighted by Gasteiger charge is 2.11. The summed E-state index contributed by atoms with van der Waals surface area (Å²) >= 11 is 0. The van der Waals surface area contributed by atoms with Crippen LogP contribution in [0, 0.1) is 19.3 Å². The molecule has 1 heterocycles. The van der Waals surface area contributed by atoms with Gasteiger partial charge in [0.25, 0.3) is 0 Å². The van der Waals surface area contributed by atoms with E-state index < -0.39 is 0 Å². The Bertz CT molecular complexity index is 386. The average molecular weight is 201 g/mol. The van der Waals surface area contributed by atoms with Gasteiger partial charge in [0, 0.05) is 24.3 Å². The molecule has 2 nitrogen and oxygen atoms in total. The van der Waals surface area contributed by atoms with Crippen LogP contribution in [0.1, 0.15) is 11.1 Å². The Morgan fingerprint density at radius 3 is 2.67 bits per heavy atom. The highest BCUT2D eigenvalue weighted by atomic mass is 16.5. The van der Waals surface area contributed by atoms with Gasteiger partial charge in [-0.15, -0.1) is 6.42 Å². The first-order valence-corrected chi connectivity index (χ1v) is 5.21. The molecule has 0 bridgehead atoms. The van der Waals surface area contributed by atoms with E-state index in [9.17, 15) is 0 Å². The number of hydrogen-bond donors (Lipinski definition) is 0. The Kier molecular flexibility index (Phi) is 2.94. The van der Waals surface area contributed by atoms with Gasteiger partial charge in [-0.3, -0.25) is 0 Å². The quantitative estimate of drug-likeness (QED) is 0.642. The molecular formula is C13H15NO. The SMILES string of the molecule is C#Cc1ccc(N2CCOCC2)cc1C. The second-order valence-corrected chi connectivity index (χ2v) is 3.74. The normalized spacial score (nSPS) is 16.1. The Morgan fingerprint density at radius 2 is 2.07 bits per heavy atom. The van der Waals surface area contributed by atoms with E-state index in [0.717, 1.165) is 31.9 Å². The summed E-state index contributed by atoms with van der Waals surface area (Å²) in [5.41, 5.74) is 3.39. The maximum absolute atomic E-state index is 5.40. The summed E-state index contributed by atoms with van der Waals surface area (Å²) < 4.78 is 5.32. The molecule has 2 rings (SSSR count). The van der Waals surface area contributed by atoms with Gasteiger partial charge >= 0.3 is 0 Å². The molecule has 0 radical (unpaired) electrons. The number of anilines is 1. The van der Waals surface area contributed by atoms with Crippen LogP contribution in [0.15, 0.2) is 18.2 Å². The van der Waals surface area contributed by atoms with Crippen LogP contribution < -0.4 is 4.90 Å². The summed E-state index contributed by atoms with van der Waals surface area (Å²) in [4.78, 5) is 2.33. The van der Waals surface area contributed by atoms with E-state index >= 15 is 0 Å². The fraction of sp³-hybridized carbons (Fsp3) is 0.385. The summed E-state index contributed by atoms with van der Waals surface area (Å²) in [5.74, 6) is 2.68. The number of morpholine rings is 1. The maximum atomic E-state index is 5.40. The van der Waals surface area contributed by atoms with Crippen LogP contribution in [0.2, 0.25) is 0 Å². The molecule has 0 amide bonds. The minimum Gasteiger partial charge on any atom is -0.378 e. The van der Waals surface area contributed by atoms with E-state index in [-0.39, 0.29) is 0 Å². The van der Waals surface area contributed by atoms with Crippen molar-refractivity contribution in [2.45, 2.75) is 6.92 Å². The van der Waals surface area contributed by atoms with Crippen LogP contribution in [-0.4, -0.2) is 26.3 Å². The van der Waals surface area contributed by atoms with Crippen LogP contribution in [0.4, 0.5) is 5.69 Å². The van der Waals surface area contributed by atoms with Crippen molar-refractivity contribution in [1.29, 1.82) is 0 Å². The van der Waals surface area contributed by atoms with Crippen LogP contribution >= 0.6 is 0 Å². The number of nitrogens with zero attached hydrogens (tertiary/aromatic N) is 1. The van der Waals surface area contributed by atoms with Gasteiger partial charge in [0.1, 0.15) is 0 Å². The Balaban J connectivity index is 2.22. The van der Waals surface area contributed by atoms with E-state index in [0.29, 0.717) is 0 Å². The second kappa shape index (κ2) is 4.37. The van der Waals surface area contributed by atoms with E-state index in [2.05, 4.69) is 29.9 Å². The van der Waals surface area contributed by atoms with Gasteiger partial charge in [0.15, 0.2) is 0 Å². The maximum Gasteiger partial charge on any atom is 0.0642 e. The van der Waals surface area contributed by atoms with Crippen molar-refractivity contribution in [2.75, 3.05) is 31.2 Å². The zero-order valence-corrected chi connectivity index (χ0v) is 8.99. The molecule has 0 N–H and O–H groups in total. The lowest BCUT2D eigenvalue weighted by molar-refractivity contribution is 0.122. The Morgan fingerprint density at radius 1 is 1.33 bits per heavy atom. The minimum absolute atomic E-state index is 0.815. The standard InChI is InChI=1S/C13H15NO/c1-3-12-4-5-13(10-11(12)2)14-6-8-15-9-7-14/h1,4-5,10H,6-9H2,2H3. The number of aryl methyl sites for hydroxylation is 1. The van der Waals surface area contributed by atoms with Crippen molar-refractivity contribution in [3.63, 3.8) is 0 Å². The smallest absolute Gasteiger partial charge is 0.0642 e. The molecule has 1 aromatic carbocycles. The van der Waals surface area contributed by atoms with E-state index in [4.69, 9.17) is 11.2 Å². The molecule has 0 atom stereocenters. The first kappa shape index (κ1) is 10.1. The molecule has 1 saturated heterocycles. The molecular weight excluding hydrogens is 186 g/mol. The van der Waals surface area contributed by atoms with Crippen LogP contribution in [0.25, 0.3) is 0 Å². The van der Waals surface area contributed by atoms with E-state index in [1.807, 2.05) is 6.07 Å². The van der Waals surface area contributed by atoms with Gasteiger partial charge in [-0.2, -0.15) is 0 Å². The number of ether oxygens (including phenoxy) is 1. The summed E-state index contributed by atoms with van der Waals surface area (Å²) in [6.45, 7) is 5.62. The van der Waals surface area contributed by atoms with Gasteiger partial charge in [-0.25, -0.2) is 0 Å². The molecule has 2 heteroatoms. The van der Waals surface area contributed by atoms with Crippen molar-refractivity contribution in [3.05, 3.63) is 29.3 Å². The molecule has 0 saturated carbocycles. The third kappa shape index (κ3) is 2.14. The van der Waals surface area contributed by atoms with Crippen molar-refractivity contribution in [3.8, 4) is 12.3 Å². The topological polar surface area (TPSA) is 12.5 Å². The molecule has 1 aromatic rings. The Hall–Kier alpha value is -1.46. The fourth-order valence-corrected chi connectivity index (χ4v) is 1.83. The number of rotatable bonds is 1. The lowest BCUT2D eigenvalue weighted by atomic mass is 10.1. The van der Waals surface area contributed by atoms with Gasteiger partial charge in [0.2, 0.25) is 0 Å². The lowest BCUT2D eigenvalue weighted by Gasteiger charge is -2.29. The molecule has 0 aromatic heterocycles. The first-order chi connectivity index (χ1) is 7.31. The number of benzene rings is 1. The highest BCUT2D eigenvalue weighted by molar-refractivity contribution is 5.54. The molecule has 78 valence electrons. The number of hydrogen-bond acceptors (Lipinski definition) is 2. The molecule has 1 aliphatic heterocycles. The van der Waals surface area contributed by atoms with Gasteiger partial charge in [-0.1, -0.05) is 5.92 Å². The highest BCUT2D eigenvalue weighted by Crippen LogP contribution is 2.19. The zero-order valence-electron chi connectivity index (χ0n) is 8.99. The molecule has 1 fully saturated rings. The van der Waals surface area contributed by atoms with Crippen LogP contribution in [0.3, 0.4) is 0 Å². The molecule has 15 heavy (non-hydrogen) atoms. The lowest BCUT2D eigenvalue weighted by Crippen LogP contribution is -2.36. The van der Waals surface area contributed by atoms with Crippen molar-refractivity contribution in [2.24, 2.45) is 0 Å². The Labute approximate surface area is 90.9 Å². The monoisotopic (exact) mass is 201 g/mol. The van der Waals surface area contributed by atoms with Crippen LogP contribution in [-0.2, 0) is 4.74 Å². The summed E-state index contributed by atoms with van der Waals surface area (Å²) in [7, 11) is 0. The molecule has 1 aliphatic rings. The number of terminal acetylenes is 1. The third-order valence-corrected chi connectivity index (χ3v) is 2.74. The second-order valence-electron chi connectivity index (χ2n) is 3.74. The van der Waals surface area contributed by atoms with Gasteiger partial charge in [0.05, 0.1) is 13.2 Å². The largest absolute Gasteiger partial charge is 0.378 e. The molecule has 0 spiro atoms. The fourth-order valence-electron chi connectivity index (χ4n) is 1.83. The predicted octanol–water partition coefficient (Wildman–Crippen LogP) is 1.81. The van der Waals surface area contributed by atoms with Gasteiger partial charge < -0.3 is 9.64 Å². The van der Waals surface area contributed by atoms with Gasteiger partial charge in [-0.05, 0) is 30.7 Å². The van der Waals surface area contributed by atoms with Crippen molar-refractivity contribution < 1.29 is 4.74 Å². The van der Waals surface area contributed by atoms with Crippen molar-refractivity contribution in [1.82, 2.24) is 0 Å². The van der Waals surface area contributed by atoms with E-state index in [1.54, 1.807) is 0 Å². The molecule has 0 unspecified atom stereocenters. The molecule has 0 aliphatic carbocycles. The predicted molar refractivity (Wildman–Crippen MR) is 62.1 cm³/mol.